The minimum Gasteiger partial charge on any atom is -0.493 e. The van der Waals surface area contributed by atoms with Crippen molar-refractivity contribution in [3.63, 3.8) is 0 Å². The van der Waals surface area contributed by atoms with Crippen LogP contribution in [0.25, 0.3) is 0 Å². The van der Waals surface area contributed by atoms with E-state index >= 15 is 0 Å². The molecule has 1 saturated carbocycles. The van der Waals surface area contributed by atoms with Crippen molar-refractivity contribution in [2.24, 2.45) is 5.73 Å². The molecule has 100 valence electrons. The molecule has 0 saturated heterocycles. The zero-order chi connectivity index (χ0) is 13.3. The van der Waals surface area contributed by atoms with Gasteiger partial charge >= 0.3 is 0 Å². The van der Waals surface area contributed by atoms with Crippen molar-refractivity contribution in [3.05, 3.63) is 21.7 Å². The highest BCUT2D eigenvalue weighted by molar-refractivity contribution is 9.10. The lowest BCUT2D eigenvalue weighted by Crippen LogP contribution is -2.33. The first-order valence-electron chi connectivity index (χ1n) is 6.24. The Morgan fingerprint density at radius 1 is 1.17 bits per heavy atom. The fourth-order valence-corrected chi connectivity index (χ4v) is 3.20. The summed E-state index contributed by atoms with van der Waals surface area (Å²) in [7, 11) is 3.34. The second-order valence-electron chi connectivity index (χ2n) is 4.96. The summed E-state index contributed by atoms with van der Waals surface area (Å²) in [5.74, 6) is 1.56. The van der Waals surface area contributed by atoms with Crippen molar-refractivity contribution in [2.75, 3.05) is 14.2 Å². The quantitative estimate of drug-likeness (QED) is 0.928. The molecule has 1 aromatic carbocycles. The molecule has 4 heteroatoms. The van der Waals surface area contributed by atoms with Crippen LogP contribution in [0.5, 0.6) is 11.5 Å². The number of methoxy groups -OCH3 is 2. The molecule has 0 amide bonds. The van der Waals surface area contributed by atoms with Gasteiger partial charge in [-0.2, -0.15) is 0 Å². The molecule has 1 aliphatic rings. The van der Waals surface area contributed by atoms with Crippen LogP contribution >= 0.6 is 15.9 Å². The van der Waals surface area contributed by atoms with Gasteiger partial charge in [-0.3, -0.25) is 0 Å². The van der Waals surface area contributed by atoms with Crippen molar-refractivity contribution in [3.8, 4) is 11.5 Å². The van der Waals surface area contributed by atoms with E-state index in [4.69, 9.17) is 15.2 Å². The third-order valence-electron chi connectivity index (χ3n) is 3.86. The highest BCUT2D eigenvalue weighted by Gasteiger charge is 2.35. The summed E-state index contributed by atoms with van der Waals surface area (Å²) in [6.07, 6.45) is 4.35. The second-order valence-corrected chi connectivity index (χ2v) is 5.82. The smallest absolute Gasteiger partial charge is 0.166 e. The van der Waals surface area contributed by atoms with Gasteiger partial charge in [-0.1, -0.05) is 28.8 Å². The van der Waals surface area contributed by atoms with E-state index in [1.165, 1.54) is 12.8 Å². The minimum absolute atomic E-state index is 0.283. The van der Waals surface area contributed by atoms with Gasteiger partial charge in [0.05, 0.1) is 14.2 Å². The van der Waals surface area contributed by atoms with E-state index in [-0.39, 0.29) is 5.54 Å². The first kappa shape index (κ1) is 13.7. The summed E-state index contributed by atoms with van der Waals surface area (Å²) >= 11 is 3.58. The monoisotopic (exact) mass is 313 g/mol. The molecule has 0 bridgehead atoms. The number of rotatable bonds is 3. The number of ether oxygens (including phenoxy) is 2. The van der Waals surface area contributed by atoms with Gasteiger partial charge < -0.3 is 15.2 Å². The molecule has 0 aliphatic heterocycles. The predicted molar refractivity (Wildman–Crippen MR) is 76.3 cm³/mol. The third-order valence-corrected chi connectivity index (χ3v) is 4.68. The van der Waals surface area contributed by atoms with E-state index in [2.05, 4.69) is 22.0 Å². The lowest BCUT2D eigenvalue weighted by molar-refractivity contribution is 0.335. The van der Waals surface area contributed by atoms with Gasteiger partial charge in [0.2, 0.25) is 0 Å². The number of hydrogen-bond donors (Lipinski definition) is 1. The highest BCUT2D eigenvalue weighted by atomic mass is 79.9. The number of benzene rings is 1. The molecule has 0 aromatic heterocycles. The van der Waals surface area contributed by atoms with Crippen LogP contribution in [0.15, 0.2) is 10.5 Å². The Kier molecular flexibility index (Phi) is 3.87. The summed E-state index contributed by atoms with van der Waals surface area (Å²) < 4.78 is 12.1. The number of nitrogens with two attached hydrogens (primary N) is 1. The average Bonchev–Trinajstić information content (AvgIpc) is 2.80. The molecule has 1 aromatic rings. The van der Waals surface area contributed by atoms with Crippen molar-refractivity contribution in [2.45, 2.75) is 38.1 Å². The largest absolute Gasteiger partial charge is 0.493 e. The van der Waals surface area contributed by atoms with Crippen LogP contribution in [0.2, 0.25) is 0 Å². The van der Waals surface area contributed by atoms with E-state index < -0.39 is 0 Å². The molecule has 0 radical (unpaired) electrons. The van der Waals surface area contributed by atoms with Crippen molar-refractivity contribution >= 4 is 15.9 Å². The van der Waals surface area contributed by atoms with Crippen LogP contribution in [0.1, 0.15) is 36.8 Å². The molecule has 1 aliphatic carbocycles. The van der Waals surface area contributed by atoms with Crippen LogP contribution in [-0.4, -0.2) is 14.2 Å². The highest BCUT2D eigenvalue weighted by Crippen LogP contribution is 2.47. The maximum atomic E-state index is 6.54. The molecule has 0 atom stereocenters. The fourth-order valence-electron chi connectivity index (χ4n) is 2.80. The Balaban J connectivity index is 2.63. The van der Waals surface area contributed by atoms with E-state index in [0.29, 0.717) is 0 Å². The van der Waals surface area contributed by atoms with E-state index in [9.17, 15) is 0 Å². The maximum Gasteiger partial charge on any atom is 0.166 e. The first-order chi connectivity index (χ1) is 8.53. The van der Waals surface area contributed by atoms with Crippen LogP contribution < -0.4 is 15.2 Å². The Hall–Kier alpha value is -0.740. The molecule has 3 nitrogen and oxygen atoms in total. The fraction of sp³-hybridized carbons (Fsp3) is 0.571. The zero-order valence-electron chi connectivity index (χ0n) is 11.2. The van der Waals surface area contributed by atoms with E-state index in [1.807, 2.05) is 6.92 Å². The summed E-state index contributed by atoms with van der Waals surface area (Å²) in [5.41, 5.74) is 8.35. The zero-order valence-corrected chi connectivity index (χ0v) is 12.8. The van der Waals surface area contributed by atoms with E-state index in [1.54, 1.807) is 14.2 Å². The van der Waals surface area contributed by atoms with Gasteiger partial charge in [0.1, 0.15) is 0 Å². The maximum absolute atomic E-state index is 6.54. The third kappa shape index (κ3) is 2.12. The summed E-state index contributed by atoms with van der Waals surface area (Å²) in [4.78, 5) is 0. The Morgan fingerprint density at radius 2 is 1.72 bits per heavy atom. The molecular formula is C14H20BrNO2. The molecule has 0 unspecified atom stereocenters. The molecular weight excluding hydrogens is 294 g/mol. The van der Waals surface area contributed by atoms with Crippen molar-refractivity contribution < 1.29 is 9.47 Å². The Morgan fingerprint density at radius 3 is 2.22 bits per heavy atom. The lowest BCUT2D eigenvalue weighted by Gasteiger charge is -2.28. The van der Waals surface area contributed by atoms with Gasteiger partial charge in [-0.15, -0.1) is 0 Å². The normalized spacial score (nSPS) is 17.8. The summed E-state index contributed by atoms with van der Waals surface area (Å²) in [6, 6.07) is 2.09. The SMILES string of the molecule is COc1c(C2(N)CCCC2)cc(Br)c(C)c1OC. The molecule has 18 heavy (non-hydrogen) atoms. The van der Waals surface area contributed by atoms with Gasteiger partial charge in [0.25, 0.3) is 0 Å². The average molecular weight is 314 g/mol. The van der Waals surface area contributed by atoms with Crippen LogP contribution in [0.4, 0.5) is 0 Å². The first-order valence-corrected chi connectivity index (χ1v) is 7.03. The lowest BCUT2D eigenvalue weighted by atomic mass is 9.87. The standard InChI is InChI=1S/C14H20BrNO2/c1-9-11(15)8-10(13(18-3)12(9)17-2)14(16)6-4-5-7-14/h8H,4-7,16H2,1-3H3. The number of hydrogen-bond acceptors (Lipinski definition) is 3. The van der Waals surface area contributed by atoms with Gasteiger partial charge in [0.15, 0.2) is 11.5 Å². The summed E-state index contributed by atoms with van der Waals surface area (Å²) in [5, 5.41) is 0. The van der Waals surface area contributed by atoms with Crippen LogP contribution in [0.3, 0.4) is 0 Å². The van der Waals surface area contributed by atoms with Crippen molar-refractivity contribution in [1.82, 2.24) is 0 Å². The van der Waals surface area contributed by atoms with Crippen molar-refractivity contribution in [1.29, 1.82) is 0 Å². The van der Waals surface area contributed by atoms with Crippen LogP contribution in [-0.2, 0) is 5.54 Å². The molecule has 2 N–H and O–H groups in total. The summed E-state index contributed by atoms with van der Waals surface area (Å²) in [6.45, 7) is 2.01. The number of halogens is 1. The van der Waals surface area contributed by atoms with E-state index in [0.717, 1.165) is 39.9 Å². The predicted octanol–water partition coefficient (Wildman–Crippen LogP) is 3.50. The Labute approximate surface area is 117 Å². The Bertz CT molecular complexity index is 454. The molecule has 1 fully saturated rings. The molecule has 2 rings (SSSR count). The van der Waals surface area contributed by atoms with Gasteiger partial charge in [-0.25, -0.2) is 0 Å². The second kappa shape index (κ2) is 5.10. The molecule has 0 spiro atoms. The minimum atomic E-state index is -0.283. The van der Waals surface area contributed by atoms with Gasteiger partial charge in [-0.05, 0) is 25.8 Å². The van der Waals surface area contributed by atoms with Gasteiger partial charge in [0, 0.05) is 21.1 Å². The topological polar surface area (TPSA) is 44.5 Å². The van der Waals surface area contributed by atoms with Crippen LogP contribution in [0, 0.1) is 6.92 Å². The molecule has 0 heterocycles.